The molecule has 3 fully saturated rings. The van der Waals surface area contributed by atoms with Crippen LogP contribution in [0.5, 0.6) is 0 Å². The first-order chi connectivity index (χ1) is 8.66. The first-order valence-electron chi connectivity index (χ1n) is 8.01. The molecule has 0 spiro atoms. The fourth-order valence-electron chi connectivity index (χ4n) is 3.68. The Balaban J connectivity index is 1.76. The zero-order valence-corrected chi connectivity index (χ0v) is 7.40. The lowest BCUT2D eigenvalue weighted by molar-refractivity contribution is -0.0777. The van der Waals surface area contributed by atoms with Crippen molar-refractivity contribution in [3.63, 3.8) is 0 Å². The van der Waals surface area contributed by atoms with Gasteiger partial charge in [-0.25, -0.2) is 0 Å². The maximum Gasteiger partial charge on any atom is 0.0657 e. The van der Waals surface area contributed by atoms with Crippen LogP contribution < -0.4 is 0 Å². The zero-order valence-electron chi connectivity index (χ0n) is 13.4. The molecule has 0 aromatic heterocycles. The third-order valence-corrected chi connectivity index (χ3v) is 4.30. The average Bonchev–Trinajstić information content (AvgIpc) is 2.88. The molecule has 0 radical (unpaired) electrons. The minimum atomic E-state index is -2.42. The fourth-order valence-corrected chi connectivity index (χ4v) is 3.68. The topological polar surface area (TPSA) is 18.5 Å². The average molecular weight is 188 g/mol. The predicted octanol–water partition coefficient (Wildman–Crippen LogP) is 1.69. The molecule has 0 heterocycles. The van der Waals surface area contributed by atoms with Crippen LogP contribution in [0.3, 0.4) is 0 Å². The summed E-state index contributed by atoms with van der Waals surface area (Å²) >= 11 is 0. The normalized spacial score (nSPS) is 66.5. The Hall–Kier alpha value is -0.0800. The van der Waals surface area contributed by atoms with Crippen LogP contribution in [0, 0.1) is 23.7 Å². The maximum atomic E-state index is 7.26. The van der Waals surface area contributed by atoms with Crippen LogP contribution in [0.2, 0.25) is 0 Å². The molecule has 3 unspecified atom stereocenters. The molecule has 13 heavy (non-hydrogen) atoms. The standard InChI is InChI=1S/C11H18O2/c1-12-9-5-8-6-3-4-7(9)11(13-2)10(6)8/h6-11H,3-5H2,1-2H3/t6-,7+,8?,9+,10?,11?/m0/s1/i1D3,2D3. The van der Waals surface area contributed by atoms with Gasteiger partial charge in [0.2, 0.25) is 0 Å². The maximum absolute atomic E-state index is 7.26. The number of fused-ring (bicyclic) bond motifs is 2. The van der Waals surface area contributed by atoms with Crippen LogP contribution in [0.4, 0.5) is 0 Å². The van der Waals surface area contributed by atoms with Crippen molar-refractivity contribution in [3.05, 3.63) is 0 Å². The van der Waals surface area contributed by atoms with Crippen molar-refractivity contribution < 1.29 is 17.7 Å². The molecular weight excluding hydrogens is 164 g/mol. The third-order valence-electron chi connectivity index (χ3n) is 4.30. The number of hydrogen-bond acceptors (Lipinski definition) is 2. The summed E-state index contributed by atoms with van der Waals surface area (Å²) in [6.45, 7) is 0. The Morgan fingerprint density at radius 1 is 1.08 bits per heavy atom. The molecule has 0 amide bonds. The van der Waals surface area contributed by atoms with Crippen molar-refractivity contribution in [2.75, 3.05) is 14.1 Å². The van der Waals surface area contributed by atoms with Gasteiger partial charge in [-0.2, -0.15) is 0 Å². The second-order valence-electron chi connectivity index (χ2n) is 4.62. The van der Waals surface area contributed by atoms with Gasteiger partial charge in [0.05, 0.1) is 20.4 Å². The summed E-state index contributed by atoms with van der Waals surface area (Å²) in [6, 6.07) is 0. The zero-order chi connectivity index (χ0) is 14.0. The fraction of sp³-hybridized carbons (Fsp3) is 1.00. The number of methoxy groups -OCH3 is 2. The van der Waals surface area contributed by atoms with Gasteiger partial charge < -0.3 is 9.47 Å². The third kappa shape index (κ3) is 0.962. The van der Waals surface area contributed by atoms with E-state index in [0.29, 0.717) is 17.8 Å². The molecule has 2 nitrogen and oxygen atoms in total. The molecule has 3 saturated carbocycles. The molecule has 3 aliphatic carbocycles. The van der Waals surface area contributed by atoms with Gasteiger partial charge in [-0.05, 0) is 37.0 Å². The van der Waals surface area contributed by atoms with Crippen molar-refractivity contribution in [2.45, 2.75) is 31.5 Å². The van der Waals surface area contributed by atoms with Crippen LogP contribution >= 0.6 is 0 Å². The molecule has 3 rings (SSSR count). The van der Waals surface area contributed by atoms with Crippen molar-refractivity contribution >= 4 is 0 Å². The summed E-state index contributed by atoms with van der Waals surface area (Å²) in [5.74, 6) is 1.10. The largest absolute Gasteiger partial charge is 0.381 e. The Morgan fingerprint density at radius 3 is 2.77 bits per heavy atom. The highest BCUT2D eigenvalue weighted by atomic mass is 16.5. The molecule has 2 bridgehead atoms. The monoisotopic (exact) mass is 188 g/mol. The lowest BCUT2D eigenvalue weighted by Gasteiger charge is -2.37. The van der Waals surface area contributed by atoms with Gasteiger partial charge in [-0.15, -0.1) is 0 Å². The van der Waals surface area contributed by atoms with E-state index in [1.807, 2.05) is 0 Å². The van der Waals surface area contributed by atoms with Gasteiger partial charge >= 0.3 is 0 Å². The second kappa shape index (κ2) is 2.71. The molecule has 6 atom stereocenters. The van der Waals surface area contributed by atoms with E-state index in [1.165, 1.54) is 0 Å². The molecule has 0 aliphatic heterocycles. The smallest absolute Gasteiger partial charge is 0.0657 e. The molecule has 74 valence electrons. The van der Waals surface area contributed by atoms with Crippen molar-refractivity contribution in [1.82, 2.24) is 0 Å². The molecule has 0 saturated heterocycles. The minimum absolute atomic E-state index is 0.0964. The van der Waals surface area contributed by atoms with Gasteiger partial charge in [0.1, 0.15) is 0 Å². The van der Waals surface area contributed by atoms with Crippen LogP contribution in [0.1, 0.15) is 27.5 Å². The van der Waals surface area contributed by atoms with E-state index >= 15 is 0 Å². The first kappa shape index (κ1) is 4.19. The summed E-state index contributed by atoms with van der Waals surface area (Å²) in [6.07, 6.45) is 1.83. The molecule has 0 N–H and O–H groups in total. The highest BCUT2D eigenvalue weighted by molar-refractivity contribution is 5.12. The Bertz CT molecular complexity index is 365. The van der Waals surface area contributed by atoms with Crippen molar-refractivity contribution in [2.24, 2.45) is 23.7 Å². The van der Waals surface area contributed by atoms with E-state index in [9.17, 15) is 0 Å². The SMILES string of the molecule is [2H]C([2H])([2H])OC1C2C3C[C@@H](OC([2H])([2H])[2H])[C@H]1CC[C@@H]32. The summed E-state index contributed by atoms with van der Waals surface area (Å²) in [5, 5.41) is 0. The first-order valence-corrected chi connectivity index (χ1v) is 5.01. The highest BCUT2D eigenvalue weighted by Gasteiger charge is 2.63. The van der Waals surface area contributed by atoms with Gasteiger partial charge in [0.25, 0.3) is 0 Å². The number of rotatable bonds is 2. The summed E-state index contributed by atoms with van der Waals surface area (Å²) < 4.78 is 53.9. The van der Waals surface area contributed by atoms with Crippen molar-refractivity contribution in [3.8, 4) is 0 Å². The van der Waals surface area contributed by atoms with E-state index in [2.05, 4.69) is 0 Å². The quantitative estimate of drug-likeness (QED) is 0.656. The summed E-state index contributed by atoms with van der Waals surface area (Å²) in [7, 11) is -4.84. The summed E-state index contributed by atoms with van der Waals surface area (Å²) in [4.78, 5) is 0. The predicted molar refractivity (Wildman–Crippen MR) is 49.4 cm³/mol. The van der Waals surface area contributed by atoms with E-state index in [1.54, 1.807) is 0 Å². The lowest BCUT2D eigenvalue weighted by Crippen LogP contribution is -2.41. The Kier molecular flexibility index (Phi) is 0.873. The molecular formula is C11H18O2. The Labute approximate surface area is 88.0 Å². The van der Waals surface area contributed by atoms with Crippen LogP contribution in [0.15, 0.2) is 0 Å². The van der Waals surface area contributed by atoms with Crippen LogP contribution in [-0.2, 0) is 9.47 Å². The lowest BCUT2D eigenvalue weighted by atomic mass is 9.79. The summed E-state index contributed by atoms with van der Waals surface area (Å²) in [5.41, 5.74) is 0. The van der Waals surface area contributed by atoms with E-state index in [-0.39, 0.29) is 12.0 Å². The number of ether oxygens (including phenoxy) is 2. The van der Waals surface area contributed by atoms with E-state index in [4.69, 9.17) is 17.7 Å². The van der Waals surface area contributed by atoms with Gasteiger partial charge in [0, 0.05) is 20.0 Å². The van der Waals surface area contributed by atoms with Gasteiger partial charge in [0.15, 0.2) is 0 Å². The van der Waals surface area contributed by atoms with E-state index in [0.717, 1.165) is 19.3 Å². The number of hydrogen-bond donors (Lipinski definition) is 0. The molecule has 3 aliphatic rings. The second-order valence-corrected chi connectivity index (χ2v) is 4.62. The highest BCUT2D eigenvalue weighted by Crippen LogP contribution is 2.64. The van der Waals surface area contributed by atoms with Crippen LogP contribution in [0.25, 0.3) is 0 Å². The van der Waals surface area contributed by atoms with Gasteiger partial charge in [-0.3, -0.25) is 0 Å². The van der Waals surface area contributed by atoms with Crippen LogP contribution in [-0.4, -0.2) is 26.3 Å². The van der Waals surface area contributed by atoms with E-state index < -0.39 is 20.2 Å². The molecule has 0 aromatic rings. The molecule has 2 heteroatoms. The minimum Gasteiger partial charge on any atom is -0.381 e. The molecule has 0 aromatic carbocycles. The van der Waals surface area contributed by atoms with Gasteiger partial charge in [-0.1, -0.05) is 0 Å². The Morgan fingerprint density at radius 2 is 1.92 bits per heavy atom. The van der Waals surface area contributed by atoms with Crippen molar-refractivity contribution in [1.29, 1.82) is 0 Å².